The molecule has 0 bridgehead atoms. The molecule has 0 radical (unpaired) electrons. The fourth-order valence-corrected chi connectivity index (χ4v) is 2.78. The van der Waals surface area contributed by atoms with E-state index in [4.69, 9.17) is 4.52 Å². The number of halogens is 2. The molecule has 30 heavy (non-hydrogen) atoms. The maximum atomic E-state index is 13.7. The van der Waals surface area contributed by atoms with Crippen molar-refractivity contribution in [1.82, 2.24) is 15.1 Å². The van der Waals surface area contributed by atoms with Crippen LogP contribution in [0.1, 0.15) is 11.5 Å². The molecule has 0 aliphatic carbocycles. The lowest BCUT2D eigenvalue weighted by Gasteiger charge is -2.12. The second-order valence-electron chi connectivity index (χ2n) is 6.26. The minimum absolute atomic E-state index is 0.248. The monoisotopic (exact) mass is 407 g/mol. The highest BCUT2D eigenvalue weighted by Crippen LogP contribution is 2.22. The molecule has 0 atom stereocenters. The van der Waals surface area contributed by atoms with Gasteiger partial charge in [-0.15, -0.1) is 0 Å². The molecule has 2 aromatic carbocycles. The maximum Gasteiger partial charge on any atom is 0.323 e. The van der Waals surface area contributed by atoms with Crippen LogP contribution in [0.25, 0.3) is 11.4 Å². The summed E-state index contributed by atoms with van der Waals surface area (Å²) in [6, 6.07) is 13.1. The SMILES string of the molecule is O=C(Nc1ccccc1Cc1nc(-c2cccnc2)no1)Nc1c(F)cccc1F. The molecule has 2 N–H and O–H groups in total. The average Bonchev–Trinajstić information content (AvgIpc) is 3.22. The summed E-state index contributed by atoms with van der Waals surface area (Å²) in [6.45, 7) is 0. The number of rotatable bonds is 5. The van der Waals surface area contributed by atoms with Crippen molar-refractivity contribution in [2.45, 2.75) is 6.42 Å². The summed E-state index contributed by atoms with van der Waals surface area (Å²) in [5.41, 5.74) is 1.31. The van der Waals surface area contributed by atoms with E-state index >= 15 is 0 Å². The molecule has 4 rings (SSSR count). The fraction of sp³-hybridized carbons (Fsp3) is 0.0476. The smallest absolute Gasteiger partial charge is 0.323 e. The highest BCUT2D eigenvalue weighted by molar-refractivity contribution is 6.00. The topological polar surface area (TPSA) is 92.9 Å². The zero-order valence-electron chi connectivity index (χ0n) is 15.5. The second kappa shape index (κ2) is 8.48. The molecule has 0 spiro atoms. The summed E-state index contributed by atoms with van der Waals surface area (Å²) in [7, 11) is 0. The molecular weight excluding hydrogens is 392 g/mol. The minimum Gasteiger partial charge on any atom is -0.339 e. The number of para-hydroxylation sites is 2. The van der Waals surface area contributed by atoms with E-state index in [2.05, 4.69) is 25.8 Å². The van der Waals surface area contributed by atoms with E-state index < -0.39 is 23.4 Å². The Kier molecular flexibility index (Phi) is 5.42. The van der Waals surface area contributed by atoms with Crippen molar-refractivity contribution >= 4 is 17.4 Å². The molecule has 0 unspecified atom stereocenters. The Morgan fingerprint density at radius 2 is 1.77 bits per heavy atom. The van der Waals surface area contributed by atoms with E-state index in [1.165, 1.54) is 6.07 Å². The molecule has 4 aromatic rings. The van der Waals surface area contributed by atoms with Gasteiger partial charge < -0.3 is 15.2 Å². The van der Waals surface area contributed by atoms with Gasteiger partial charge in [0.15, 0.2) is 0 Å². The number of nitrogens with zero attached hydrogens (tertiary/aromatic N) is 3. The number of carbonyl (C=O) groups is 1. The predicted octanol–water partition coefficient (Wildman–Crippen LogP) is 4.64. The first-order chi connectivity index (χ1) is 14.6. The van der Waals surface area contributed by atoms with Gasteiger partial charge in [-0.25, -0.2) is 13.6 Å². The van der Waals surface area contributed by atoms with E-state index in [0.717, 1.165) is 12.1 Å². The Labute approximate surface area is 169 Å². The van der Waals surface area contributed by atoms with Gasteiger partial charge in [-0.2, -0.15) is 4.98 Å². The second-order valence-corrected chi connectivity index (χ2v) is 6.26. The summed E-state index contributed by atoms with van der Waals surface area (Å²) >= 11 is 0. The number of anilines is 2. The first-order valence-corrected chi connectivity index (χ1v) is 8.93. The number of carbonyl (C=O) groups excluding carboxylic acids is 1. The van der Waals surface area contributed by atoms with Crippen LogP contribution in [-0.4, -0.2) is 21.2 Å². The Hall–Kier alpha value is -4.14. The number of hydrogen-bond acceptors (Lipinski definition) is 5. The molecule has 150 valence electrons. The average molecular weight is 407 g/mol. The van der Waals surface area contributed by atoms with Crippen molar-refractivity contribution < 1.29 is 18.1 Å². The number of amides is 2. The number of aromatic nitrogens is 3. The Morgan fingerprint density at radius 3 is 2.53 bits per heavy atom. The Morgan fingerprint density at radius 1 is 0.967 bits per heavy atom. The van der Waals surface area contributed by atoms with Crippen LogP contribution in [0.4, 0.5) is 25.0 Å². The third-order valence-corrected chi connectivity index (χ3v) is 4.20. The molecule has 9 heteroatoms. The van der Waals surface area contributed by atoms with Crippen LogP contribution in [0.5, 0.6) is 0 Å². The van der Waals surface area contributed by atoms with Crippen molar-refractivity contribution in [3.63, 3.8) is 0 Å². The molecule has 0 saturated carbocycles. The molecular formula is C21H15F2N5O2. The van der Waals surface area contributed by atoms with Crippen LogP contribution in [-0.2, 0) is 6.42 Å². The van der Waals surface area contributed by atoms with Gasteiger partial charge in [-0.3, -0.25) is 4.98 Å². The third kappa shape index (κ3) is 4.30. The van der Waals surface area contributed by atoms with Crippen molar-refractivity contribution in [2.24, 2.45) is 0 Å². The zero-order chi connectivity index (χ0) is 20.9. The normalized spacial score (nSPS) is 10.6. The zero-order valence-corrected chi connectivity index (χ0v) is 15.5. The molecule has 2 aromatic heterocycles. The van der Waals surface area contributed by atoms with Gasteiger partial charge in [-0.1, -0.05) is 29.4 Å². The fourth-order valence-electron chi connectivity index (χ4n) is 2.78. The van der Waals surface area contributed by atoms with Crippen LogP contribution in [0.15, 0.2) is 71.5 Å². The quantitative estimate of drug-likeness (QED) is 0.503. The van der Waals surface area contributed by atoms with Crippen LogP contribution in [0, 0.1) is 11.6 Å². The van der Waals surface area contributed by atoms with Gasteiger partial charge in [0.2, 0.25) is 11.7 Å². The van der Waals surface area contributed by atoms with Crippen LogP contribution < -0.4 is 10.6 Å². The van der Waals surface area contributed by atoms with Gasteiger partial charge in [-0.05, 0) is 35.9 Å². The molecule has 2 amide bonds. The summed E-state index contributed by atoms with van der Waals surface area (Å²) in [5, 5.41) is 8.71. The lowest BCUT2D eigenvalue weighted by molar-refractivity contribution is 0.262. The summed E-state index contributed by atoms with van der Waals surface area (Å²) in [6.07, 6.45) is 3.51. The van der Waals surface area contributed by atoms with Crippen molar-refractivity contribution in [1.29, 1.82) is 0 Å². The van der Waals surface area contributed by atoms with E-state index in [9.17, 15) is 13.6 Å². The molecule has 7 nitrogen and oxygen atoms in total. The molecule has 0 aliphatic rings. The van der Waals surface area contributed by atoms with E-state index in [1.807, 2.05) is 6.07 Å². The number of hydrogen-bond donors (Lipinski definition) is 2. The van der Waals surface area contributed by atoms with E-state index in [0.29, 0.717) is 28.5 Å². The first kappa shape index (κ1) is 19.2. The van der Waals surface area contributed by atoms with Gasteiger partial charge >= 0.3 is 6.03 Å². The predicted molar refractivity (Wildman–Crippen MR) is 106 cm³/mol. The number of pyridine rings is 1. The third-order valence-electron chi connectivity index (χ3n) is 4.20. The van der Waals surface area contributed by atoms with Crippen LogP contribution >= 0.6 is 0 Å². The first-order valence-electron chi connectivity index (χ1n) is 8.93. The van der Waals surface area contributed by atoms with E-state index in [1.54, 1.807) is 42.7 Å². The molecule has 0 fully saturated rings. The minimum atomic E-state index is -0.868. The summed E-state index contributed by atoms with van der Waals surface area (Å²) in [5.74, 6) is -1.00. The number of benzene rings is 2. The molecule has 2 heterocycles. The maximum absolute atomic E-state index is 13.7. The van der Waals surface area contributed by atoms with Crippen LogP contribution in [0.3, 0.4) is 0 Å². The lowest BCUT2D eigenvalue weighted by Crippen LogP contribution is -2.21. The largest absolute Gasteiger partial charge is 0.339 e. The highest BCUT2D eigenvalue weighted by Gasteiger charge is 2.15. The summed E-state index contributed by atoms with van der Waals surface area (Å²) < 4.78 is 32.8. The van der Waals surface area contributed by atoms with Crippen LogP contribution in [0.2, 0.25) is 0 Å². The van der Waals surface area contributed by atoms with E-state index in [-0.39, 0.29) is 6.42 Å². The Bertz CT molecular complexity index is 1160. The van der Waals surface area contributed by atoms with Gasteiger partial charge in [0.25, 0.3) is 0 Å². The summed E-state index contributed by atoms with van der Waals surface area (Å²) in [4.78, 5) is 20.6. The standard InChI is InChI=1S/C21H15F2N5O2/c22-15-7-3-8-16(23)19(15)27-21(29)25-17-9-2-1-5-13(17)11-18-26-20(28-30-18)14-6-4-10-24-12-14/h1-10,12H,11H2,(H2,25,27,29). The van der Waals surface area contributed by atoms with Gasteiger partial charge in [0.05, 0.1) is 6.42 Å². The molecule has 0 saturated heterocycles. The van der Waals surface area contributed by atoms with Gasteiger partial charge in [0, 0.05) is 23.6 Å². The van der Waals surface area contributed by atoms with Crippen molar-refractivity contribution in [3.8, 4) is 11.4 Å². The molecule has 0 aliphatic heterocycles. The number of urea groups is 1. The van der Waals surface area contributed by atoms with Crippen molar-refractivity contribution in [3.05, 3.63) is 90.1 Å². The van der Waals surface area contributed by atoms with Crippen molar-refractivity contribution in [2.75, 3.05) is 10.6 Å². The highest BCUT2D eigenvalue weighted by atomic mass is 19.1. The Balaban J connectivity index is 1.49. The number of nitrogens with one attached hydrogen (secondary N) is 2. The van der Waals surface area contributed by atoms with Gasteiger partial charge in [0.1, 0.15) is 17.3 Å². The lowest BCUT2D eigenvalue weighted by atomic mass is 10.1.